The zero-order valence-corrected chi connectivity index (χ0v) is 17.8. The molecule has 5 nitrogen and oxygen atoms in total. The number of likely N-dealkylation sites (tertiary alicyclic amines) is 1. The van der Waals surface area contributed by atoms with Crippen LogP contribution in [0.3, 0.4) is 0 Å². The zero-order chi connectivity index (χ0) is 20.4. The number of halogens is 1. The van der Waals surface area contributed by atoms with Gasteiger partial charge in [-0.15, -0.1) is 11.3 Å². The molecule has 2 aromatic heterocycles. The van der Waals surface area contributed by atoms with Crippen LogP contribution in [-0.4, -0.2) is 41.0 Å². The molecule has 29 heavy (non-hydrogen) atoms. The first-order chi connectivity index (χ1) is 14.1. The molecule has 1 aliphatic rings. The Morgan fingerprint density at radius 1 is 1.28 bits per heavy atom. The number of hydrogen-bond acceptors (Lipinski definition) is 4. The monoisotopic (exact) mass is 430 g/mol. The zero-order valence-electron chi connectivity index (χ0n) is 16.3. The van der Waals surface area contributed by atoms with Gasteiger partial charge in [-0.1, -0.05) is 23.7 Å². The van der Waals surface area contributed by atoms with E-state index in [1.54, 1.807) is 23.2 Å². The molecule has 1 aromatic carbocycles. The van der Waals surface area contributed by atoms with E-state index in [1.165, 1.54) is 0 Å². The number of piperidine rings is 1. The van der Waals surface area contributed by atoms with E-state index in [1.807, 2.05) is 46.3 Å². The highest BCUT2D eigenvalue weighted by atomic mass is 35.5. The number of benzene rings is 1. The molecule has 3 heterocycles. The number of rotatable bonds is 5. The van der Waals surface area contributed by atoms with Crippen LogP contribution in [-0.2, 0) is 16.1 Å². The summed E-state index contributed by atoms with van der Waals surface area (Å²) < 4.78 is 8.30. The summed E-state index contributed by atoms with van der Waals surface area (Å²) in [6, 6.07) is 11.7. The van der Waals surface area contributed by atoms with Gasteiger partial charge in [-0.2, -0.15) is 0 Å². The second kappa shape index (κ2) is 8.59. The molecular formula is C22H23ClN2O3S. The average Bonchev–Trinajstić information content (AvgIpc) is 3.30. The summed E-state index contributed by atoms with van der Waals surface area (Å²) in [5, 5.41) is 2.71. The van der Waals surface area contributed by atoms with E-state index in [9.17, 15) is 9.59 Å². The fraction of sp³-hybridized carbons (Fsp3) is 0.364. The molecule has 1 amide bonds. The lowest BCUT2D eigenvalue weighted by Crippen LogP contribution is -2.43. The molecule has 0 N–H and O–H groups in total. The first kappa shape index (κ1) is 20.0. The number of ether oxygens (including phenoxy) is 1. The van der Waals surface area contributed by atoms with Gasteiger partial charge < -0.3 is 14.2 Å². The third-order valence-corrected chi connectivity index (χ3v) is 6.39. The van der Waals surface area contributed by atoms with Crippen molar-refractivity contribution in [1.29, 1.82) is 0 Å². The van der Waals surface area contributed by atoms with Crippen LogP contribution < -0.4 is 0 Å². The summed E-state index contributed by atoms with van der Waals surface area (Å²) in [6.45, 7) is 3.80. The maximum absolute atomic E-state index is 13.4. The summed E-state index contributed by atoms with van der Waals surface area (Å²) >= 11 is 7.77. The van der Waals surface area contributed by atoms with Crippen molar-refractivity contribution in [1.82, 2.24) is 9.47 Å². The molecule has 0 bridgehead atoms. The van der Waals surface area contributed by atoms with Gasteiger partial charge in [-0.25, -0.2) is 0 Å². The smallest absolute Gasteiger partial charge is 0.310 e. The lowest BCUT2D eigenvalue weighted by molar-refractivity contribution is -0.149. The molecule has 0 radical (unpaired) electrons. The quantitative estimate of drug-likeness (QED) is 0.545. The molecule has 1 atom stereocenters. The van der Waals surface area contributed by atoms with Crippen LogP contribution in [0.4, 0.5) is 0 Å². The molecule has 1 fully saturated rings. The van der Waals surface area contributed by atoms with Gasteiger partial charge in [0.25, 0.3) is 5.91 Å². The number of thiophene rings is 1. The fourth-order valence-electron chi connectivity index (χ4n) is 3.92. The van der Waals surface area contributed by atoms with E-state index < -0.39 is 0 Å². The largest absolute Gasteiger partial charge is 0.466 e. The summed E-state index contributed by atoms with van der Waals surface area (Å²) in [4.78, 5) is 27.4. The molecule has 0 saturated carbocycles. The standard InChI is InChI=1S/C22H23ClN2O3S/c1-2-28-22(27)16-6-4-9-24(14-16)21(26)19-12-20-18(8-10-29-20)25(19)13-15-5-3-7-17(23)11-15/h3,5,7-8,10-12,16H,2,4,6,9,13-14H2,1H3. The Hall–Kier alpha value is -2.31. The third-order valence-electron chi connectivity index (χ3n) is 5.30. The Balaban J connectivity index is 1.62. The molecule has 1 unspecified atom stereocenters. The van der Waals surface area contributed by atoms with E-state index in [0.29, 0.717) is 37.0 Å². The molecule has 7 heteroatoms. The number of aromatic nitrogens is 1. The van der Waals surface area contributed by atoms with E-state index >= 15 is 0 Å². The number of fused-ring (bicyclic) bond motifs is 1. The Morgan fingerprint density at radius 3 is 2.93 bits per heavy atom. The number of amides is 1. The number of carbonyl (C=O) groups excluding carboxylic acids is 2. The Labute approximate surface area is 178 Å². The number of carbonyl (C=O) groups is 2. The minimum Gasteiger partial charge on any atom is -0.466 e. The number of esters is 1. The van der Waals surface area contributed by atoms with E-state index in [2.05, 4.69) is 0 Å². The van der Waals surface area contributed by atoms with Crippen LogP contribution in [0.15, 0.2) is 41.8 Å². The summed E-state index contributed by atoms with van der Waals surface area (Å²) in [7, 11) is 0. The van der Waals surface area contributed by atoms with E-state index in [-0.39, 0.29) is 17.8 Å². The molecular weight excluding hydrogens is 408 g/mol. The lowest BCUT2D eigenvalue weighted by Gasteiger charge is -2.31. The van der Waals surface area contributed by atoms with Crippen molar-refractivity contribution in [3.8, 4) is 0 Å². The minimum absolute atomic E-state index is 0.0376. The van der Waals surface area contributed by atoms with Crippen molar-refractivity contribution in [2.75, 3.05) is 19.7 Å². The van der Waals surface area contributed by atoms with Gasteiger partial charge in [-0.05, 0) is 55.0 Å². The molecule has 152 valence electrons. The molecule has 3 aromatic rings. The third kappa shape index (κ3) is 4.19. The highest BCUT2D eigenvalue weighted by Crippen LogP contribution is 2.29. The molecule has 4 rings (SSSR count). The summed E-state index contributed by atoms with van der Waals surface area (Å²) in [5.74, 6) is -0.491. The van der Waals surface area contributed by atoms with Crippen LogP contribution in [0.25, 0.3) is 10.2 Å². The maximum Gasteiger partial charge on any atom is 0.310 e. The van der Waals surface area contributed by atoms with Crippen molar-refractivity contribution in [2.24, 2.45) is 5.92 Å². The number of nitrogens with zero attached hydrogens (tertiary/aromatic N) is 2. The van der Waals surface area contributed by atoms with Crippen LogP contribution >= 0.6 is 22.9 Å². The second-order valence-corrected chi connectivity index (χ2v) is 8.64. The van der Waals surface area contributed by atoms with Gasteiger partial charge in [0.2, 0.25) is 0 Å². The van der Waals surface area contributed by atoms with Gasteiger partial charge in [0, 0.05) is 24.7 Å². The lowest BCUT2D eigenvalue weighted by atomic mass is 9.98. The van der Waals surface area contributed by atoms with Crippen molar-refractivity contribution in [2.45, 2.75) is 26.3 Å². The molecule has 1 aliphatic heterocycles. The highest BCUT2D eigenvalue weighted by Gasteiger charge is 2.31. The van der Waals surface area contributed by atoms with Gasteiger partial charge in [0.15, 0.2) is 0 Å². The summed E-state index contributed by atoms with van der Waals surface area (Å²) in [6.07, 6.45) is 1.57. The first-order valence-electron chi connectivity index (χ1n) is 9.84. The number of hydrogen-bond donors (Lipinski definition) is 0. The molecule has 1 saturated heterocycles. The minimum atomic E-state index is -0.245. The maximum atomic E-state index is 13.4. The van der Waals surface area contributed by atoms with Crippen LogP contribution in [0.5, 0.6) is 0 Å². The first-order valence-corrected chi connectivity index (χ1v) is 11.1. The van der Waals surface area contributed by atoms with Gasteiger partial charge >= 0.3 is 5.97 Å². The van der Waals surface area contributed by atoms with Crippen molar-refractivity contribution in [3.63, 3.8) is 0 Å². The summed E-state index contributed by atoms with van der Waals surface area (Å²) in [5.41, 5.74) is 2.73. The molecule has 0 aliphatic carbocycles. The average molecular weight is 431 g/mol. The van der Waals surface area contributed by atoms with Gasteiger partial charge in [0.1, 0.15) is 5.69 Å². The fourth-order valence-corrected chi connectivity index (χ4v) is 4.95. The van der Waals surface area contributed by atoms with E-state index in [0.717, 1.165) is 28.6 Å². The van der Waals surface area contributed by atoms with Gasteiger partial charge in [-0.3, -0.25) is 9.59 Å². The molecule has 0 spiro atoms. The Bertz CT molecular complexity index is 1040. The van der Waals surface area contributed by atoms with Crippen LogP contribution in [0.1, 0.15) is 35.8 Å². The van der Waals surface area contributed by atoms with Gasteiger partial charge in [0.05, 0.1) is 22.7 Å². The van der Waals surface area contributed by atoms with Crippen LogP contribution in [0, 0.1) is 5.92 Å². The van der Waals surface area contributed by atoms with Crippen molar-refractivity contribution >= 4 is 45.0 Å². The SMILES string of the molecule is CCOC(=O)C1CCCN(C(=O)c2cc3sccc3n2Cc2cccc(Cl)c2)C1. The Morgan fingerprint density at radius 2 is 2.14 bits per heavy atom. The highest BCUT2D eigenvalue weighted by molar-refractivity contribution is 7.17. The normalized spacial score (nSPS) is 16.9. The van der Waals surface area contributed by atoms with E-state index in [4.69, 9.17) is 16.3 Å². The second-order valence-electron chi connectivity index (χ2n) is 7.26. The predicted molar refractivity (Wildman–Crippen MR) is 116 cm³/mol. The van der Waals surface area contributed by atoms with Crippen LogP contribution in [0.2, 0.25) is 5.02 Å². The topological polar surface area (TPSA) is 51.5 Å². The van der Waals surface area contributed by atoms with Crippen molar-refractivity contribution < 1.29 is 14.3 Å². The Kier molecular flexibility index (Phi) is 5.92. The predicted octanol–water partition coefficient (Wildman–Crippen LogP) is 4.82. The van der Waals surface area contributed by atoms with Crippen molar-refractivity contribution in [3.05, 3.63) is 58.1 Å².